The summed E-state index contributed by atoms with van der Waals surface area (Å²) < 4.78 is 14.7. The molecule has 12 heavy (non-hydrogen) atoms. The second-order valence-corrected chi connectivity index (χ2v) is 4.55. The molecule has 0 aliphatic carbocycles. The molecule has 4 heteroatoms. The summed E-state index contributed by atoms with van der Waals surface area (Å²) in [7, 11) is 0. The molecule has 0 fully saturated rings. The lowest BCUT2D eigenvalue weighted by atomic mass is 10.2. The van der Waals surface area contributed by atoms with Crippen LogP contribution in [0.5, 0.6) is 0 Å². The number of fused-ring (bicyclic) bond motifs is 1. The fraction of sp³-hybridized carbons (Fsp3) is 0. The van der Waals surface area contributed by atoms with Crippen LogP contribution in [-0.4, -0.2) is 0 Å². The van der Waals surface area contributed by atoms with Gasteiger partial charge in [-0.05, 0) is 38.8 Å². The Hall–Kier alpha value is -0.0600. The van der Waals surface area contributed by atoms with E-state index in [1.165, 1.54) is 11.3 Å². The van der Waals surface area contributed by atoms with Crippen LogP contribution in [0.4, 0.5) is 4.39 Å². The molecule has 1 heterocycles. The summed E-state index contributed by atoms with van der Waals surface area (Å²) in [5.74, 6) is -0.284. The summed E-state index contributed by atoms with van der Waals surface area (Å²) in [5.41, 5.74) is 0. The third kappa shape index (κ3) is 1.18. The molecule has 0 unspecified atom stereocenters. The lowest BCUT2D eigenvalue weighted by Crippen LogP contribution is -1.79. The Kier molecular flexibility index (Phi) is 2.14. The first-order chi connectivity index (χ1) is 5.70. The molecule has 1 aromatic carbocycles. The summed E-state index contributed by atoms with van der Waals surface area (Å²) in [4.78, 5) is 0.382. The van der Waals surface area contributed by atoms with Gasteiger partial charge in [-0.15, -0.1) is 24.0 Å². The van der Waals surface area contributed by atoms with Crippen molar-refractivity contribution < 1.29 is 4.39 Å². The molecular formula is C8H4BrFS2. The van der Waals surface area contributed by atoms with Gasteiger partial charge in [-0.1, -0.05) is 0 Å². The number of rotatable bonds is 0. The molecule has 0 amide bonds. The smallest absolute Gasteiger partial charge is 0.152 e. The lowest BCUT2D eigenvalue weighted by Gasteiger charge is -1.99. The Morgan fingerprint density at radius 3 is 3.00 bits per heavy atom. The zero-order chi connectivity index (χ0) is 8.72. The predicted molar refractivity (Wildman–Crippen MR) is 56.7 cm³/mol. The summed E-state index contributed by atoms with van der Waals surface area (Å²) in [6, 6.07) is 3.68. The average molecular weight is 263 g/mol. The minimum absolute atomic E-state index is 0.284. The molecule has 0 nitrogen and oxygen atoms in total. The molecule has 0 N–H and O–H groups in total. The maximum Gasteiger partial charge on any atom is 0.152 e. The van der Waals surface area contributed by atoms with Gasteiger partial charge in [0.25, 0.3) is 0 Å². The molecule has 0 bridgehead atoms. The van der Waals surface area contributed by atoms with E-state index in [1.54, 1.807) is 6.07 Å². The highest BCUT2D eigenvalue weighted by molar-refractivity contribution is 9.10. The number of thiophene rings is 1. The third-order valence-corrected chi connectivity index (χ3v) is 3.89. The van der Waals surface area contributed by atoms with Crippen LogP contribution in [0.3, 0.4) is 0 Å². The Balaban J connectivity index is 2.94. The predicted octanol–water partition coefficient (Wildman–Crippen LogP) is 4.09. The van der Waals surface area contributed by atoms with Crippen molar-refractivity contribution in [3.05, 3.63) is 27.8 Å². The first-order valence-corrected chi connectivity index (χ1v) is 5.36. The van der Waals surface area contributed by atoms with E-state index in [9.17, 15) is 4.39 Å². The van der Waals surface area contributed by atoms with Gasteiger partial charge in [-0.2, -0.15) is 0 Å². The topological polar surface area (TPSA) is 0 Å². The minimum atomic E-state index is -0.284. The number of halogens is 2. The lowest BCUT2D eigenvalue weighted by molar-refractivity contribution is 0.599. The van der Waals surface area contributed by atoms with Crippen molar-refractivity contribution in [1.82, 2.24) is 0 Å². The molecule has 0 aliphatic heterocycles. The van der Waals surface area contributed by atoms with E-state index in [-0.39, 0.29) is 5.82 Å². The van der Waals surface area contributed by atoms with Gasteiger partial charge in [-0.25, -0.2) is 4.39 Å². The molecule has 2 aromatic rings. The number of hydrogen-bond acceptors (Lipinski definition) is 2. The van der Waals surface area contributed by atoms with E-state index in [4.69, 9.17) is 0 Å². The fourth-order valence-electron chi connectivity index (χ4n) is 1.03. The van der Waals surface area contributed by atoms with Crippen LogP contribution in [-0.2, 0) is 0 Å². The van der Waals surface area contributed by atoms with Gasteiger partial charge in [-0.3, -0.25) is 0 Å². The van der Waals surface area contributed by atoms with E-state index in [2.05, 4.69) is 28.6 Å². The zero-order valence-electron chi connectivity index (χ0n) is 5.84. The highest BCUT2D eigenvalue weighted by Gasteiger charge is 2.09. The van der Waals surface area contributed by atoms with Crippen LogP contribution < -0.4 is 0 Å². The van der Waals surface area contributed by atoms with E-state index in [0.29, 0.717) is 9.37 Å². The first kappa shape index (κ1) is 8.53. The Morgan fingerprint density at radius 2 is 2.25 bits per heavy atom. The summed E-state index contributed by atoms with van der Waals surface area (Å²) in [5, 5.41) is 2.96. The van der Waals surface area contributed by atoms with Crippen molar-refractivity contribution in [2.75, 3.05) is 0 Å². The third-order valence-electron chi connectivity index (χ3n) is 1.60. The van der Waals surface area contributed by atoms with Crippen LogP contribution in [0.25, 0.3) is 10.1 Å². The number of benzene rings is 1. The molecule has 0 saturated carbocycles. The van der Waals surface area contributed by atoms with Crippen molar-refractivity contribution >= 4 is 50.0 Å². The van der Waals surface area contributed by atoms with Gasteiger partial charge < -0.3 is 0 Å². The van der Waals surface area contributed by atoms with E-state index >= 15 is 0 Å². The largest absolute Gasteiger partial charge is 0.204 e. The number of thiol groups is 1. The maximum atomic E-state index is 13.2. The van der Waals surface area contributed by atoms with Gasteiger partial charge in [0.2, 0.25) is 0 Å². The molecule has 0 aliphatic rings. The SMILES string of the molecule is Fc1c(S)cc2ccsc2c1Br. The fourth-order valence-corrected chi connectivity index (χ4v) is 2.97. The summed E-state index contributed by atoms with van der Waals surface area (Å²) in [6.07, 6.45) is 0. The molecular weight excluding hydrogens is 259 g/mol. The van der Waals surface area contributed by atoms with Crippen LogP contribution in [0.2, 0.25) is 0 Å². The second-order valence-electron chi connectivity index (χ2n) is 2.36. The molecule has 0 saturated heterocycles. The van der Waals surface area contributed by atoms with Crippen molar-refractivity contribution in [1.29, 1.82) is 0 Å². The first-order valence-electron chi connectivity index (χ1n) is 3.24. The van der Waals surface area contributed by atoms with Crippen molar-refractivity contribution in [3.63, 3.8) is 0 Å². The monoisotopic (exact) mass is 262 g/mol. The van der Waals surface area contributed by atoms with Crippen LogP contribution in [0, 0.1) is 5.82 Å². The van der Waals surface area contributed by atoms with Gasteiger partial charge >= 0.3 is 0 Å². The normalized spacial score (nSPS) is 10.9. The average Bonchev–Trinajstić information content (AvgIpc) is 2.48. The molecule has 62 valence electrons. The van der Waals surface area contributed by atoms with Gasteiger partial charge in [0, 0.05) is 4.90 Å². The van der Waals surface area contributed by atoms with Crippen LogP contribution in [0.15, 0.2) is 26.9 Å². The molecule has 0 atom stereocenters. The minimum Gasteiger partial charge on any atom is -0.204 e. The van der Waals surface area contributed by atoms with Crippen LogP contribution in [0.1, 0.15) is 0 Å². The van der Waals surface area contributed by atoms with Gasteiger partial charge in [0.1, 0.15) is 0 Å². The standard InChI is InChI=1S/C8H4BrFS2/c9-6-7(10)5(11)3-4-1-2-12-8(4)6/h1-3,11H. The molecule has 0 spiro atoms. The van der Waals surface area contributed by atoms with Crippen LogP contribution >= 0.6 is 39.9 Å². The van der Waals surface area contributed by atoms with Crippen molar-refractivity contribution in [3.8, 4) is 0 Å². The number of hydrogen-bond donors (Lipinski definition) is 1. The van der Waals surface area contributed by atoms with E-state index in [1.807, 2.05) is 11.4 Å². The maximum absolute atomic E-state index is 13.2. The Morgan fingerprint density at radius 1 is 1.50 bits per heavy atom. The molecule has 2 rings (SSSR count). The summed E-state index contributed by atoms with van der Waals surface area (Å²) in [6.45, 7) is 0. The van der Waals surface area contributed by atoms with Crippen molar-refractivity contribution in [2.45, 2.75) is 4.90 Å². The zero-order valence-corrected chi connectivity index (χ0v) is 9.14. The highest BCUT2D eigenvalue weighted by atomic mass is 79.9. The van der Waals surface area contributed by atoms with Gasteiger partial charge in [0.05, 0.1) is 9.17 Å². The van der Waals surface area contributed by atoms with Crippen molar-refractivity contribution in [2.24, 2.45) is 0 Å². The Bertz CT molecular complexity index is 436. The Labute approximate surface area is 86.9 Å². The molecule has 0 radical (unpaired) electrons. The summed E-state index contributed by atoms with van der Waals surface area (Å²) >= 11 is 8.73. The highest BCUT2D eigenvalue weighted by Crippen LogP contribution is 2.34. The van der Waals surface area contributed by atoms with E-state index in [0.717, 1.165) is 10.1 Å². The molecule has 1 aromatic heterocycles. The quantitative estimate of drug-likeness (QED) is 0.680. The van der Waals surface area contributed by atoms with Gasteiger partial charge in [0.15, 0.2) is 5.82 Å². The second kappa shape index (κ2) is 3.01. The van der Waals surface area contributed by atoms with E-state index < -0.39 is 0 Å².